The summed E-state index contributed by atoms with van der Waals surface area (Å²) in [5, 5.41) is 1.11. The van der Waals surface area contributed by atoms with Gasteiger partial charge < -0.3 is 9.88 Å². The number of carbonyl (C=O) groups excluding carboxylic acids is 2. The van der Waals surface area contributed by atoms with Crippen LogP contribution in [-0.4, -0.2) is 27.9 Å². The highest BCUT2D eigenvalue weighted by atomic mass is 19.1. The molecule has 1 spiro atoms. The third-order valence-corrected chi connectivity index (χ3v) is 6.88. The van der Waals surface area contributed by atoms with E-state index < -0.39 is 23.4 Å². The van der Waals surface area contributed by atoms with Crippen molar-refractivity contribution in [3.8, 4) is 0 Å². The van der Waals surface area contributed by atoms with Crippen LogP contribution in [0.1, 0.15) is 36.9 Å². The minimum absolute atomic E-state index is 0.0403. The number of para-hydroxylation sites is 2. The Hall–Kier alpha value is -3.15. The molecule has 1 atom stereocenters. The number of fused-ring (bicyclic) bond motifs is 6. The second kappa shape index (κ2) is 5.69. The van der Waals surface area contributed by atoms with Crippen molar-refractivity contribution in [1.82, 2.24) is 9.88 Å². The number of urea groups is 1. The van der Waals surface area contributed by atoms with Crippen LogP contribution in [0.2, 0.25) is 0 Å². The van der Waals surface area contributed by atoms with Gasteiger partial charge in [-0.15, -0.1) is 0 Å². The molecule has 5 nitrogen and oxygen atoms in total. The maximum Gasteiger partial charge on any atom is 0.333 e. The van der Waals surface area contributed by atoms with E-state index in [0.29, 0.717) is 6.42 Å². The minimum atomic E-state index is -0.591. The van der Waals surface area contributed by atoms with E-state index in [9.17, 15) is 14.0 Å². The average Bonchev–Trinajstić information content (AvgIpc) is 3.41. The fraction of sp³-hybridized carbons (Fsp3) is 0.304. The number of imide groups is 1. The molecule has 6 heteroatoms. The molecule has 3 amide bonds. The predicted molar refractivity (Wildman–Crippen MR) is 107 cm³/mol. The highest BCUT2D eigenvalue weighted by Crippen LogP contribution is 2.53. The highest BCUT2D eigenvalue weighted by molar-refractivity contribution is 6.22. The van der Waals surface area contributed by atoms with Gasteiger partial charge in [-0.3, -0.25) is 4.79 Å². The van der Waals surface area contributed by atoms with E-state index in [1.807, 2.05) is 18.2 Å². The summed E-state index contributed by atoms with van der Waals surface area (Å²) in [7, 11) is 0. The molecular formula is C23H20FN3O2. The molecule has 3 aromatic rings. The summed E-state index contributed by atoms with van der Waals surface area (Å²) in [5.74, 6) is -0.888. The Kier molecular flexibility index (Phi) is 3.29. The third kappa shape index (κ3) is 2.03. The monoisotopic (exact) mass is 389 g/mol. The molecule has 3 aliphatic rings. The van der Waals surface area contributed by atoms with Crippen molar-refractivity contribution in [3.63, 3.8) is 0 Å². The summed E-state index contributed by atoms with van der Waals surface area (Å²) in [5.41, 5.74) is 2.74. The first-order valence-corrected chi connectivity index (χ1v) is 10.1. The maximum absolute atomic E-state index is 14.5. The SMILES string of the molecule is O=C1[C@H]2Cc3c([nH]c4ccccc34)C3(CCCC3)N2C(=O)N1c1ccccc1F. The van der Waals surface area contributed by atoms with Crippen LogP contribution in [0.5, 0.6) is 0 Å². The number of benzene rings is 2. The van der Waals surface area contributed by atoms with Crippen LogP contribution in [0.15, 0.2) is 48.5 Å². The number of carbonyl (C=O) groups is 2. The Morgan fingerprint density at radius 2 is 1.72 bits per heavy atom. The Balaban J connectivity index is 1.56. The summed E-state index contributed by atoms with van der Waals surface area (Å²) in [6.45, 7) is 0. The molecule has 0 bridgehead atoms. The van der Waals surface area contributed by atoms with E-state index >= 15 is 0 Å². The molecule has 1 saturated carbocycles. The lowest BCUT2D eigenvalue weighted by atomic mass is 9.81. The average molecular weight is 389 g/mol. The topological polar surface area (TPSA) is 56.4 Å². The first-order valence-electron chi connectivity index (χ1n) is 10.1. The van der Waals surface area contributed by atoms with Crippen LogP contribution in [0.3, 0.4) is 0 Å². The lowest BCUT2D eigenvalue weighted by Crippen LogP contribution is -2.54. The van der Waals surface area contributed by atoms with Gasteiger partial charge in [0.1, 0.15) is 11.9 Å². The van der Waals surface area contributed by atoms with Gasteiger partial charge in [-0.2, -0.15) is 0 Å². The lowest BCUT2D eigenvalue weighted by Gasteiger charge is -2.44. The molecule has 2 fully saturated rings. The first kappa shape index (κ1) is 16.8. The maximum atomic E-state index is 14.5. The first-order chi connectivity index (χ1) is 14.1. The summed E-state index contributed by atoms with van der Waals surface area (Å²) in [6.07, 6.45) is 4.08. The van der Waals surface area contributed by atoms with Crippen LogP contribution in [0, 0.1) is 5.82 Å². The molecule has 0 unspecified atom stereocenters. The van der Waals surface area contributed by atoms with E-state index in [0.717, 1.165) is 52.7 Å². The Morgan fingerprint density at radius 3 is 2.52 bits per heavy atom. The minimum Gasteiger partial charge on any atom is -0.356 e. The molecule has 0 radical (unpaired) electrons. The van der Waals surface area contributed by atoms with Crippen LogP contribution >= 0.6 is 0 Å². The molecular weight excluding hydrogens is 369 g/mol. The molecule has 1 aliphatic carbocycles. The zero-order valence-corrected chi connectivity index (χ0v) is 15.8. The van der Waals surface area contributed by atoms with Gasteiger partial charge in [0.25, 0.3) is 5.91 Å². The van der Waals surface area contributed by atoms with Gasteiger partial charge in [-0.05, 0) is 36.6 Å². The number of nitrogens with zero attached hydrogens (tertiary/aromatic N) is 2. The van der Waals surface area contributed by atoms with E-state index in [2.05, 4.69) is 11.1 Å². The predicted octanol–water partition coefficient (Wildman–Crippen LogP) is 4.47. The largest absolute Gasteiger partial charge is 0.356 e. The smallest absolute Gasteiger partial charge is 0.333 e. The van der Waals surface area contributed by atoms with Gasteiger partial charge in [0.15, 0.2) is 0 Å². The number of aromatic nitrogens is 1. The van der Waals surface area contributed by atoms with Crippen LogP contribution in [0.25, 0.3) is 10.9 Å². The summed E-state index contributed by atoms with van der Waals surface area (Å²) < 4.78 is 14.5. The summed E-state index contributed by atoms with van der Waals surface area (Å²) >= 11 is 0. The van der Waals surface area contributed by atoms with Crippen LogP contribution in [0.4, 0.5) is 14.9 Å². The summed E-state index contributed by atoms with van der Waals surface area (Å²) in [4.78, 5) is 33.3. The lowest BCUT2D eigenvalue weighted by molar-refractivity contribution is -0.121. The number of H-pyrrole nitrogens is 1. The third-order valence-electron chi connectivity index (χ3n) is 6.88. The van der Waals surface area contributed by atoms with Gasteiger partial charge in [0, 0.05) is 23.0 Å². The van der Waals surface area contributed by atoms with Gasteiger partial charge in [0.05, 0.1) is 11.2 Å². The van der Waals surface area contributed by atoms with Crippen molar-refractivity contribution in [1.29, 1.82) is 0 Å². The number of amides is 3. The number of aromatic amines is 1. The summed E-state index contributed by atoms with van der Waals surface area (Å²) in [6, 6.07) is 13.1. The Morgan fingerprint density at radius 1 is 1.00 bits per heavy atom. The van der Waals surface area contributed by atoms with E-state index in [1.54, 1.807) is 17.0 Å². The van der Waals surface area contributed by atoms with Crippen molar-refractivity contribution in [2.24, 2.45) is 0 Å². The standard InChI is InChI=1S/C23H20FN3O2/c24-16-8-2-4-10-18(16)26-21(28)19-13-15-14-7-1-3-9-17(14)25-20(15)23(11-5-6-12-23)27(19)22(26)29/h1-4,7-10,19,25H,5-6,11-13H2/t19-/m1/s1. The molecule has 146 valence electrons. The second-order valence-corrected chi connectivity index (χ2v) is 8.26. The number of nitrogens with one attached hydrogen (secondary N) is 1. The Labute approximate surface area is 167 Å². The number of hydrogen-bond donors (Lipinski definition) is 1. The molecule has 1 aromatic heterocycles. The number of rotatable bonds is 1. The molecule has 29 heavy (non-hydrogen) atoms. The zero-order valence-electron chi connectivity index (χ0n) is 15.8. The van der Waals surface area contributed by atoms with E-state index in [1.165, 1.54) is 12.1 Å². The van der Waals surface area contributed by atoms with E-state index in [4.69, 9.17) is 0 Å². The fourth-order valence-corrected chi connectivity index (χ4v) is 5.68. The van der Waals surface area contributed by atoms with Crippen molar-refractivity contribution in [3.05, 3.63) is 65.6 Å². The molecule has 3 heterocycles. The molecule has 2 aromatic carbocycles. The normalized spacial score (nSPS) is 22.6. The highest BCUT2D eigenvalue weighted by Gasteiger charge is 2.60. The van der Waals surface area contributed by atoms with Crippen molar-refractivity contribution in [2.45, 2.75) is 43.7 Å². The quantitative estimate of drug-likeness (QED) is 0.625. The van der Waals surface area contributed by atoms with Crippen molar-refractivity contribution in [2.75, 3.05) is 4.90 Å². The van der Waals surface area contributed by atoms with Crippen molar-refractivity contribution >= 4 is 28.5 Å². The zero-order chi connectivity index (χ0) is 19.8. The molecule has 1 saturated heterocycles. The van der Waals surface area contributed by atoms with Gasteiger partial charge in [0.2, 0.25) is 0 Å². The second-order valence-electron chi connectivity index (χ2n) is 8.26. The number of hydrogen-bond acceptors (Lipinski definition) is 2. The molecule has 1 N–H and O–H groups in total. The van der Waals surface area contributed by atoms with E-state index in [-0.39, 0.29) is 11.6 Å². The van der Waals surface area contributed by atoms with Gasteiger partial charge in [-0.1, -0.05) is 43.2 Å². The number of halogens is 1. The van der Waals surface area contributed by atoms with Crippen LogP contribution < -0.4 is 4.90 Å². The van der Waals surface area contributed by atoms with Gasteiger partial charge >= 0.3 is 6.03 Å². The molecule has 6 rings (SSSR count). The number of anilines is 1. The van der Waals surface area contributed by atoms with Gasteiger partial charge in [-0.25, -0.2) is 14.1 Å². The van der Waals surface area contributed by atoms with Crippen molar-refractivity contribution < 1.29 is 14.0 Å². The van der Waals surface area contributed by atoms with Crippen LogP contribution in [-0.2, 0) is 16.8 Å². The fourth-order valence-electron chi connectivity index (χ4n) is 5.68. The molecule has 2 aliphatic heterocycles. The Bertz CT molecular complexity index is 1180.